The highest BCUT2D eigenvalue weighted by molar-refractivity contribution is 7.99. The van der Waals surface area contributed by atoms with Crippen LogP contribution in [0.4, 0.5) is 5.69 Å². The third-order valence-electron chi connectivity index (χ3n) is 1.96. The van der Waals surface area contributed by atoms with E-state index in [4.69, 9.17) is 11.5 Å². The van der Waals surface area contributed by atoms with E-state index in [1.54, 1.807) is 12.4 Å². The molecule has 0 amide bonds. The predicted molar refractivity (Wildman–Crippen MR) is 63.3 cm³/mol. The number of anilines is 1. The van der Waals surface area contributed by atoms with Gasteiger partial charge in [0.2, 0.25) is 0 Å². The number of pyridine rings is 1. The van der Waals surface area contributed by atoms with Crippen LogP contribution in [-0.4, -0.2) is 22.5 Å². The van der Waals surface area contributed by atoms with Gasteiger partial charge in [-0.3, -0.25) is 4.98 Å². The van der Waals surface area contributed by atoms with Crippen LogP contribution < -0.4 is 11.5 Å². The molecule has 1 heterocycles. The van der Waals surface area contributed by atoms with Crippen molar-refractivity contribution in [1.82, 2.24) is 4.98 Å². The van der Waals surface area contributed by atoms with Crippen LogP contribution in [0, 0.1) is 0 Å². The van der Waals surface area contributed by atoms with E-state index < -0.39 is 0 Å². The van der Waals surface area contributed by atoms with E-state index in [9.17, 15) is 0 Å². The lowest BCUT2D eigenvalue weighted by molar-refractivity contribution is 0.748. The van der Waals surface area contributed by atoms with Crippen LogP contribution in [0.1, 0.15) is 12.5 Å². The summed E-state index contributed by atoms with van der Waals surface area (Å²) >= 11 is 1.86. The fourth-order valence-corrected chi connectivity index (χ4v) is 1.88. The number of nitrogens with zero attached hydrogens (tertiary/aromatic N) is 1. The van der Waals surface area contributed by atoms with Crippen LogP contribution in [0.2, 0.25) is 0 Å². The first-order valence-corrected chi connectivity index (χ1v) is 5.91. The van der Waals surface area contributed by atoms with Gasteiger partial charge in [-0.1, -0.05) is 6.92 Å². The summed E-state index contributed by atoms with van der Waals surface area (Å²) in [7, 11) is 0. The zero-order chi connectivity index (χ0) is 10.4. The maximum absolute atomic E-state index is 5.96. The highest BCUT2D eigenvalue weighted by atomic mass is 32.2. The van der Waals surface area contributed by atoms with Gasteiger partial charge in [-0.25, -0.2) is 0 Å². The zero-order valence-electron chi connectivity index (χ0n) is 8.44. The van der Waals surface area contributed by atoms with Crippen LogP contribution in [0.15, 0.2) is 18.5 Å². The summed E-state index contributed by atoms with van der Waals surface area (Å²) in [4.78, 5) is 4.04. The largest absolute Gasteiger partial charge is 0.398 e. The molecule has 1 rings (SSSR count). The molecule has 0 saturated heterocycles. The first kappa shape index (κ1) is 11.3. The molecule has 0 spiro atoms. The summed E-state index contributed by atoms with van der Waals surface area (Å²) in [6.07, 6.45) is 4.31. The molecule has 4 heteroatoms. The van der Waals surface area contributed by atoms with Gasteiger partial charge in [0, 0.05) is 29.9 Å². The van der Waals surface area contributed by atoms with E-state index >= 15 is 0 Å². The number of thioether (sulfide) groups is 1. The smallest absolute Gasteiger partial charge is 0.0378 e. The third-order valence-corrected chi connectivity index (χ3v) is 3.03. The van der Waals surface area contributed by atoms with E-state index in [0.717, 1.165) is 29.2 Å². The predicted octanol–water partition coefficient (Wildman–Crippen LogP) is 1.29. The molecule has 1 unspecified atom stereocenters. The van der Waals surface area contributed by atoms with E-state index in [2.05, 4.69) is 11.9 Å². The number of rotatable bonds is 5. The first-order chi connectivity index (χ1) is 6.74. The second-order valence-electron chi connectivity index (χ2n) is 3.20. The lowest BCUT2D eigenvalue weighted by Gasteiger charge is -2.11. The summed E-state index contributed by atoms with van der Waals surface area (Å²) < 4.78 is 0. The van der Waals surface area contributed by atoms with Crippen LogP contribution in [0.25, 0.3) is 0 Å². The molecule has 1 aromatic heterocycles. The Bertz CT molecular complexity index is 278. The SMILES string of the molecule is CCSCC(N)Cc1cnccc1N. The van der Waals surface area contributed by atoms with Gasteiger partial charge >= 0.3 is 0 Å². The Morgan fingerprint density at radius 2 is 2.36 bits per heavy atom. The summed E-state index contributed by atoms with van der Waals surface area (Å²) in [5.74, 6) is 2.08. The molecular weight excluding hydrogens is 194 g/mol. The van der Waals surface area contributed by atoms with E-state index in [-0.39, 0.29) is 6.04 Å². The minimum absolute atomic E-state index is 0.173. The number of hydrogen-bond donors (Lipinski definition) is 2. The Hall–Kier alpha value is -0.740. The summed E-state index contributed by atoms with van der Waals surface area (Å²) in [5, 5.41) is 0. The van der Waals surface area contributed by atoms with Crippen molar-refractivity contribution in [2.75, 3.05) is 17.2 Å². The number of hydrogen-bond acceptors (Lipinski definition) is 4. The summed E-state index contributed by atoms with van der Waals surface area (Å²) in [6.45, 7) is 2.13. The average molecular weight is 211 g/mol. The second-order valence-corrected chi connectivity index (χ2v) is 4.52. The number of aromatic nitrogens is 1. The minimum atomic E-state index is 0.173. The van der Waals surface area contributed by atoms with Crippen LogP contribution >= 0.6 is 11.8 Å². The molecule has 0 aliphatic rings. The second kappa shape index (κ2) is 5.88. The van der Waals surface area contributed by atoms with Gasteiger partial charge in [0.05, 0.1) is 0 Å². The molecule has 0 aliphatic heterocycles. The Kier molecular flexibility index (Phi) is 4.76. The van der Waals surface area contributed by atoms with Crippen molar-refractivity contribution in [3.8, 4) is 0 Å². The fourth-order valence-electron chi connectivity index (χ4n) is 1.22. The highest BCUT2D eigenvalue weighted by Gasteiger charge is 2.06. The maximum Gasteiger partial charge on any atom is 0.0378 e. The molecule has 14 heavy (non-hydrogen) atoms. The van der Waals surface area contributed by atoms with Gasteiger partial charge in [0.1, 0.15) is 0 Å². The Labute approximate surface area is 89.3 Å². The lowest BCUT2D eigenvalue weighted by atomic mass is 10.1. The summed E-state index contributed by atoms with van der Waals surface area (Å²) in [6, 6.07) is 1.99. The fraction of sp³-hybridized carbons (Fsp3) is 0.500. The minimum Gasteiger partial charge on any atom is -0.398 e. The first-order valence-electron chi connectivity index (χ1n) is 4.75. The molecule has 0 saturated carbocycles. The van der Waals surface area contributed by atoms with Crippen molar-refractivity contribution in [3.05, 3.63) is 24.0 Å². The van der Waals surface area contributed by atoms with Gasteiger partial charge in [-0.05, 0) is 23.8 Å². The molecule has 0 radical (unpaired) electrons. The van der Waals surface area contributed by atoms with Crippen LogP contribution in [0.3, 0.4) is 0 Å². The van der Waals surface area contributed by atoms with Crippen molar-refractivity contribution in [1.29, 1.82) is 0 Å². The van der Waals surface area contributed by atoms with Crippen molar-refractivity contribution in [2.45, 2.75) is 19.4 Å². The Morgan fingerprint density at radius 3 is 3.00 bits per heavy atom. The Balaban J connectivity index is 2.47. The Morgan fingerprint density at radius 1 is 1.57 bits per heavy atom. The van der Waals surface area contributed by atoms with Crippen LogP contribution in [0.5, 0.6) is 0 Å². The van der Waals surface area contributed by atoms with Gasteiger partial charge < -0.3 is 11.5 Å². The van der Waals surface area contributed by atoms with E-state index in [1.807, 2.05) is 17.8 Å². The summed E-state index contributed by atoms with van der Waals surface area (Å²) in [5.41, 5.74) is 13.6. The molecule has 1 aromatic rings. The third kappa shape index (κ3) is 3.55. The molecular formula is C10H17N3S. The lowest BCUT2D eigenvalue weighted by Crippen LogP contribution is -2.26. The normalized spacial score (nSPS) is 12.7. The van der Waals surface area contributed by atoms with E-state index in [0.29, 0.717) is 0 Å². The average Bonchev–Trinajstić information content (AvgIpc) is 2.18. The van der Waals surface area contributed by atoms with Crippen LogP contribution in [-0.2, 0) is 6.42 Å². The number of nitrogens with two attached hydrogens (primary N) is 2. The molecule has 1 atom stereocenters. The molecule has 0 aliphatic carbocycles. The molecule has 3 nitrogen and oxygen atoms in total. The zero-order valence-corrected chi connectivity index (χ0v) is 9.26. The number of nitrogen functional groups attached to an aromatic ring is 1. The van der Waals surface area contributed by atoms with E-state index in [1.165, 1.54) is 0 Å². The monoisotopic (exact) mass is 211 g/mol. The van der Waals surface area contributed by atoms with Crippen molar-refractivity contribution in [3.63, 3.8) is 0 Å². The maximum atomic E-state index is 5.96. The quantitative estimate of drug-likeness (QED) is 0.770. The van der Waals surface area contributed by atoms with Crippen molar-refractivity contribution >= 4 is 17.4 Å². The van der Waals surface area contributed by atoms with Crippen molar-refractivity contribution < 1.29 is 0 Å². The molecule has 0 fully saturated rings. The highest BCUT2D eigenvalue weighted by Crippen LogP contribution is 2.12. The van der Waals surface area contributed by atoms with Gasteiger partial charge in [-0.2, -0.15) is 11.8 Å². The molecule has 78 valence electrons. The van der Waals surface area contributed by atoms with Crippen molar-refractivity contribution in [2.24, 2.45) is 5.73 Å². The molecule has 0 aromatic carbocycles. The van der Waals surface area contributed by atoms with Gasteiger partial charge in [0.15, 0.2) is 0 Å². The van der Waals surface area contributed by atoms with Gasteiger partial charge in [-0.15, -0.1) is 0 Å². The topological polar surface area (TPSA) is 64.9 Å². The molecule has 4 N–H and O–H groups in total. The standard InChI is InChI=1S/C10H17N3S/c1-2-14-7-9(11)5-8-6-13-4-3-10(8)12/h3-4,6,9H,2,5,7,11H2,1H3,(H2,12,13). The van der Waals surface area contributed by atoms with Gasteiger partial charge in [0.25, 0.3) is 0 Å². The molecule has 0 bridgehead atoms.